The number of benzene rings is 1. The van der Waals surface area contributed by atoms with Crippen molar-refractivity contribution in [2.24, 2.45) is 5.41 Å². The lowest BCUT2D eigenvalue weighted by atomic mass is 9.74. The van der Waals surface area contributed by atoms with Crippen molar-refractivity contribution in [3.8, 4) is 0 Å². The molecule has 0 saturated carbocycles. The lowest BCUT2D eigenvalue weighted by Crippen LogP contribution is -2.52. The molecule has 1 spiro atoms. The Balaban J connectivity index is 1.30. The second kappa shape index (κ2) is 7.43. The molecule has 2 saturated heterocycles. The topological polar surface area (TPSA) is 69.7 Å². The predicted molar refractivity (Wildman–Crippen MR) is 101 cm³/mol. The molecule has 4 rings (SSSR count). The maximum atomic E-state index is 12.7. The third-order valence-electron chi connectivity index (χ3n) is 6.23. The van der Waals surface area contributed by atoms with E-state index < -0.39 is 0 Å². The first-order valence-corrected chi connectivity index (χ1v) is 10.0. The van der Waals surface area contributed by atoms with Crippen LogP contribution in [-0.2, 0) is 4.79 Å². The number of nitrogens with one attached hydrogen (secondary N) is 1. The number of nitrogens with zero attached hydrogens (tertiary/aromatic N) is 2. The van der Waals surface area contributed by atoms with Gasteiger partial charge >= 0.3 is 0 Å². The first-order chi connectivity index (χ1) is 13.1. The molecule has 1 atom stereocenters. The number of rotatable bonds is 4. The van der Waals surface area contributed by atoms with Crippen LogP contribution in [0, 0.1) is 5.41 Å². The van der Waals surface area contributed by atoms with Gasteiger partial charge in [-0.2, -0.15) is 0 Å². The fourth-order valence-electron chi connectivity index (χ4n) is 4.79. The van der Waals surface area contributed by atoms with Crippen LogP contribution in [0.2, 0.25) is 0 Å². The van der Waals surface area contributed by atoms with E-state index in [2.05, 4.69) is 5.32 Å². The molecule has 3 heterocycles. The van der Waals surface area contributed by atoms with Gasteiger partial charge in [0, 0.05) is 38.0 Å². The molecule has 3 aliphatic rings. The number of amides is 3. The normalized spacial score (nSPS) is 25.2. The molecule has 0 aromatic heterocycles. The highest BCUT2D eigenvalue weighted by atomic mass is 16.2. The second-order valence-electron chi connectivity index (χ2n) is 8.11. The molecule has 1 unspecified atom stereocenters. The van der Waals surface area contributed by atoms with Crippen molar-refractivity contribution in [1.82, 2.24) is 15.1 Å². The fourth-order valence-corrected chi connectivity index (χ4v) is 4.79. The van der Waals surface area contributed by atoms with Crippen LogP contribution in [0.4, 0.5) is 0 Å². The summed E-state index contributed by atoms with van der Waals surface area (Å²) < 4.78 is 0. The fraction of sp³-hybridized carbons (Fsp3) is 0.571. The van der Waals surface area contributed by atoms with Crippen LogP contribution >= 0.6 is 0 Å². The summed E-state index contributed by atoms with van der Waals surface area (Å²) in [7, 11) is 0. The van der Waals surface area contributed by atoms with Crippen molar-refractivity contribution >= 4 is 17.7 Å². The molecule has 27 heavy (non-hydrogen) atoms. The lowest BCUT2D eigenvalue weighted by Gasteiger charge is -2.45. The zero-order chi connectivity index (χ0) is 18.9. The number of carbonyl (C=O) groups excluding carboxylic acids is 3. The van der Waals surface area contributed by atoms with Crippen molar-refractivity contribution < 1.29 is 14.4 Å². The smallest absolute Gasteiger partial charge is 0.261 e. The van der Waals surface area contributed by atoms with E-state index in [-0.39, 0.29) is 23.1 Å². The summed E-state index contributed by atoms with van der Waals surface area (Å²) in [5, 5.41) is 3.48. The van der Waals surface area contributed by atoms with Crippen molar-refractivity contribution in [1.29, 1.82) is 0 Å². The maximum Gasteiger partial charge on any atom is 0.261 e. The highest BCUT2D eigenvalue weighted by Crippen LogP contribution is 2.36. The first-order valence-electron chi connectivity index (χ1n) is 10.0. The van der Waals surface area contributed by atoms with Crippen molar-refractivity contribution in [2.75, 3.05) is 32.7 Å². The van der Waals surface area contributed by atoms with Crippen LogP contribution in [0.25, 0.3) is 0 Å². The zero-order valence-corrected chi connectivity index (χ0v) is 15.7. The van der Waals surface area contributed by atoms with E-state index in [1.54, 1.807) is 24.3 Å². The van der Waals surface area contributed by atoms with E-state index in [1.165, 1.54) is 24.2 Å². The van der Waals surface area contributed by atoms with E-state index in [1.807, 2.05) is 4.90 Å². The van der Waals surface area contributed by atoms with Crippen LogP contribution in [0.3, 0.4) is 0 Å². The Labute approximate surface area is 159 Å². The molecule has 1 N–H and O–H groups in total. The van der Waals surface area contributed by atoms with Gasteiger partial charge in [-0.25, -0.2) is 0 Å². The second-order valence-corrected chi connectivity index (χ2v) is 8.11. The number of piperidine rings is 2. The van der Waals surface area contributed by atoms with Gasteiger partial charge in [-0.3, -0.25) is 19.3 Å². The highest BCUT2D eigenvalue weighted by Gasteiger charge is 2.38. The number of fused-ring (bicyclic) bond motifs is 1. The monoisotopic (exact) mass is 369 g/mol. The Morgan fingerprint density at radius 2 is 1.78 bits per heavy atom. The van der Waals surface area contributed by atoms with E-state index in [0.717, 1.165) is 32.6 Å². The molecule has 3 aliphatic heterocycles. The van der Waals surface area contributed by atoms with Gasteiger partial charge in [0.2, 0.25) is 5.91 Å². The zero-order valence-electron chi connectivity index (χ0n) is 15.7. The Morgan fingerprint density at radius 3 is 2.44 bits per heavy atom. The molecule has 0 radical (unpaired) electrons. The summed E-state index contributed by atoms with van der Waals surface area (Å²) in [5.74, 6) is -0.335. The number of hydrogen-bond acceptors (Lipinski definition) is 4. The molecule has 1 aromatic carbocycles. The molecule has 1 aromatic rings. The van der Waals surface area contributed by atoms with Crippen LogP contribution in [0.1, 0.15) is 59.2 Å². The number of hydrogen-bond donors (Lipinski definition) is 1. The number of carbonyl (C=O) groups is 3. The Hall–Kier alpha value is -2.21. The molecule has 0 bridgehead atoms. The summed E-state index contributed by atoms with van der Waals surface area (Å²) >= 11 is 0. The summed E-state index contributed by atoms with van der Waals surface area (Å²) in [5.41, 5.74) is 1.18. The van der Waals surface area contributed by atoms with Crippen LogP contribution in [0.15, 0.2) is 24.3 Å². The third kappa shape index (κ3) is 3.50. The SMILES string of the molecule is O=C(CCCN1C(=O)c2ccccc2C1=O)N1CCCC2(CCCNC2)C1. The van der Waals surface area contributed by atoms with Gasteiger partial charge in [-0.15, -0.1) is 0 Å². The van der Waals surface area contributed by atoms with Gasteiger partial charge < -0.3 is 10.2 Å². The van der Waals surface area contributed by atoms with Crippen molar-refractivity contribution in [3.05, 3.63) is 35.4 Å². The molecule has 0 aliphatic carbocycles. The highest BCUT2D eigenvalue weighted by molar-refractivity contribution is 6.21. The van der Waals surface area contributed by atoms with Gasteiger partial charge in [-0.05, 0) is 50.8 Å². The predicted octanol–water partition coefficient (Wildman–Crippen LogP) is 2.06. The van der Waals surface area contributed by atoms with Crippen LogP contribution in [-0.4, -0.2) is 60.2 Å². The minimum Gasteiger partial charge on any atom is -0.342 e. The largest absolute Gasteiger partial charge is 0.342 e. The van der Waals surface area contributed by atoms with Gasteiger partial charge in [-0.1, -0.05) is 12.1 Å². The van der Waals surface area contributed by atoms with Gasteiger partial charge in [0.05, 0.1) is 11.1 Å². The third-order valence-corrected chi connectivity index (χ3v) is 6.23. The van der Waals surface area contributed by atoms with Crippen LogP contribution in [0.5, 0.6) is 0 Å². The molecule has 6 nitrogen and oxygen atoms in total. The van der Waals surface area contributed by atoms with E-state index in [9.17, 15) is 14.4 Å². The van der Waals surface area contributed by atoms with E-state index >= 15 is 0 Å². The average Bonchev–Trinajstić information content (AvgIpc) is 2.94. The molecular weight excluding hydrogens is 342 g/mol. The summed E-state index contributed by atoms with van der Waals surface area (Å²) in [4.78, 5) is 40.8. The molecular formula is C21H27N3O3. The van der Waals surface area contributed by atoms with Crippen molar-refractivity contribution in [3.63, 3.8) is 0 Å². The lowest BCUT2D eigenvalue weighted by molar-refractivity contribution is -0.135. The van der Waals surface area contributed by atoms with Crippen molar-refractivity contribution in [2.45, 2.75) is 38.5 Å². The van der Waals surface area contributed by atoms with Gasteiger partial charge in [0.1, 0.15) is 0 Å². The Morgan fingerprint density at radius 1 is 1.07 bits per heavy atom. The Bertz CT molecular complexity index is 714. The van der Waals surface area contributed by atoms with Gasteiger partial charge in [0.25, 0.3) is 11.8 Å². The van der Waals surface area contributed by atoms with Gasteiger partial charge in [0.15, 0.2) is 0 Å². The summed E-state index contributed by atoms with van der Waals surface area (Å²) in [6.07, 6.45) is 5.54. The minimum atomic E-state index is -0.242. The minimum absolute atomic E-state index is 0.149. The Kier molecular flexibility index (Phi) is 5.00. The molecule has 2 fully saturated rings. The van der Waals surface area contributed by atoms with E-state index in [0.29, 0.717) is 30.5 Å². The number of likely N-dealkylation sites (tertiary alicyclic amines) is 1. The molecule has 3 amide bonds. The average molecular weight is 369 g/mol. The maximum absolute atomic E-state index is 12.7. The quantitative estimate of drug-likeness (QED) is 0.825. The summed E-state index contributed by atoms with van der Waals surface area (Å²) in [6.45, 7) is 4.06. The van der Waals surface area contributed by atoms with Crippen LogP contribution < -0.4 is 5.32 Å². The molecule has 6 heteroatoms. The first kappa shape index (κ1) is 18.2. The standard InChI is InChI=1S/C21H27N3O3/c25-18(23-12-5-10-21(15-23)9-4-11-22-14-21)8-3-13-24-19(26)16-6-1-2-7-17(16)20(24)27/h1-2,6-7,22H,3-5,8-15H2. The number of imide groups is 1. The summed E-state index contributed by atoms with van der Waals surface area (Å²) in [6, 6.07) is 6.91. The van der Waals surface area contributed by atoms with E-state index in [4.69, 9.17) is 0 Å². The molecule has 144 valence electrons.